The molecule has 0 aliphatic carbocycles. The summed E-state index contributed by atoms with van der Waals surface area (Å²) in [5.41, 5.74) is 1.84. The highest BCUT2D eigenvalue weighted by atomic mass is 79.9. The Bertz CT molecular complexity index is 438. The zero-order valence-electron chi connectivity index (χ0n) is 11.6. The molecule has 4 heteroatoms. The fourth-order valence-electron chi connectivity index (χ4n) is 1.53. The minimum atomic E-state index is -0.330. The molecule has 0 radical (unpaired) electrons. The van der Waals surface area contributed by atoms with Crippen LogP contribution in [0.25, 0.3) is 0 Å². The van der Waals surface area contributed by atoms with Crippen LogP contribution < -0.4 is 5.32 Å². The Hall–Kier alpha value is -1.29. The lowest BCUT2D eigenvalue weighted by Crippen LogP contribution is -2.06. The first-order chi connectivity index (χ1) is 9.01. The minimum Gasteiger partial charge on any atom is -0.466 e. The van der Waals surface area contributed by atoms with Crippen LogP contribution in [0.15, 0.2) is 40.5 Å². The van der Waals surface area contributed by atoms with Crippen molar-refractivity contribution in [1.82, 2.24) is 0 Å². The molecule has 0 atom stereocenters. The molecule has 0 bridgehead atoms. The number of esters is 1. The van der Waals surface area contributed by atoms with Crippen molar-refractivity contribution in [2.75, 3.05) is 12.4 Å². The second kappa shape index (κ2) is 8.00. The van der Waals surface area contributed by atoms with Gasteiger partial charge in [0.2, 0.25) is 0 Å². The summed E-state index contributed by atoms with van der Waals surface area (Å²) in [5.74, 6) is 0.260. The number of anilines is 1. The molecule has 1 aromatic rings. The Kier molecular flexibility index (Phi) is 6.64. The number of benzene rings is 1. The highest BCUT2D eigenvalue weighted by molar-refractivity contribution is 9.10. The monoisotopic (exact) mass is 325 g/mol. The van der Waals surface area contributed by atoms with Crippen LogP contribution in [0.2, 0.25) is 0 Å². The molecule has 1 rings (SSSR count). The molecule has 1 N–H and O–H groups in total. The van der Waals surface area contributed by atoms with Gasteiger partial charge in [-0.1, -0.05) is 29.8 Å². The fraction of sp³-hybridized carbons (Fsp3) is 0.400. The molecule has 0 aliphatic rings. The lowest BCUT2D eigenvalue weighted by Gasteiger charge is -2.12. The van der Waals surface area contributed by atoms with Gasteiger partial charge in [-0.3, -0.25) is 0 Å². The molecule has 0 aliphatic heterocycles. The van der Waals surface area contributed by atoms with Crippen LogP contribution >= 0.6 is 15.9 Å². The number of methoxy groups -OCH3 is 1. The van der Waals surface area contributed by atoms with Crippen LogP contribution in [0.1, 0.15) is 26.7 Å². The molecule has 0 aromatic heterocycles. The number of rotatable bonds is 6. The number of carbonyl (C=O) groups is 1. The van der Waals surface area contributed by atoms with Gasteiger partial charge in [0.25, 0.3) is 0 Å². The Morgan fingerprint density at radius 2 is 2.00 bits per heavy atom. The number of hydrogen-bond donors (Lipinski definition) is 1. The molecule has 19 heavy (non-hydrogen) atoms. The Balaban J connectivity index is 2.75. The van der Waals surface area contributed by atoms with Crippen LogP contribution in [-0.4, -0.2) is 13.1 Å². The minimum absolute atomic E-state index is 0.330. The summed E-state index contributed by atoms with van der Waals surface area (Å²) in [7, 11) is 1.39. The van der Waals surface area contributed by atoms with E-state index < -0.39 is 0 Å². The molecule has 0 unspecified atom stereocenters. The van der Waals surface area contributed by atoms with Crippen molar-refractivity contribution >= 4 is 27.6 Å². The van der Waals surface area contributed by atoms with Gasteiger partial charge in [0.15, 0.2) is 0 Å². The van der Waals surface area contributed by atoms with Crippen molar-refractivity contribution in [1.29, 1.82) is 0 Å². The average Bonchev–Trinajstić information content (AvgIpc) is 2.38. The molecular weight excluding hydrogens is 306 g/mol. The van der Waals surface area contributed by atoms with Gasteiger partial charge in [-0.15, -0.1) is 0 Å². The SMILES string of the molecule is COC(=O)C=C(CCC(C)C)Nc1ccc(Br)cc1. The van der Waals surface area contributed by atoms with Crippen molar-refractivity contribution in [3.63, 3.8) is 0 Å². The summed E-state index contributed by atoms with van der Waals surface area (Å²) < 4.78 is 5.71. The van der Waals surface area contributed by atoms with Crippen molar-refractivity contribution in [2.24, 2.45) is 5.92 Å². The molecule has 0 saturated heterocycles. The average molecular weight is 326 g/mol. The van der Waals surface area contributed by atoms with Gasteiger partial charge in [0.1, 0.15) is 0 Å². The third-order valence-electron chi connectivity index (χ3n) is 2.63. The summed E-state index contributed by atoms with van der Waals surface area (Å²) in [4.78, 5) is 11.4. The highest BCUT2D eigenvalue weighted by Crippen LogP contribution is 2.18. The van der Waals surface area contributed by atoms with E-state index in [1.54, 1.807) is 0 Å². The summed E-state index contributed by atoms with van der Waals surface area (Å²) in [6.45, 7) is 4.32. The number of halogens is 1. The van der Waals surface area contributed by atoms with E-state index in [4.69, 9.17) is 0 Å². The molecule has 0 saturated carbocycles. The predicted molar refractivity (Wildman–Crippen MR) is 81.9 cm³/mol. The summed E-state index contributed by atoms with van der Waals surface area (Å²) >= 11 is 3.40. The summed E-state index contributed by atoms with van der Waals surface area (Å²) in [6, 6.07) is 7.84. The lowest BCUT2D eigenvalue weighted by atomic mass is 10.1. The largest absolute Gasteiger partial charge is 0.466 e. The quantitative estimate of drug-likeness (QED) is 0.624. The van der Waals surface area contributed by atoms with Crippen molar-refractivity contribution in [3.05, 3.63) is 40.5 Å². The molecule has 1 aromatic carbocycles. The molecular formula is C15H20BrNO2. The Morgan fingerprint density at radius 3 is 2.53 bits per heavy atom. The smallest absolute Gasteiger partial charge is 0.332 e. The van der Waals surface area contributed by atoms with E-state index in [9.17, 15) is 4.79 Å². The topological polar surface area (TPSA) is 38.3 Å². The molecule has 0 spiro atoms. The van der Waals surface area contributed by atoms with Crippen molar-refractivity contribution in [3.8, 4) is 0 Å². The van der Waals surface area contributed by atoms with Gasteiger partial charge in [-0.05, 0) is 43.0 Å². The van der Waals surface area contributed by atoms with Crippen LogP contribution in [0, 0.1) is 5.92 Å². The van der Waals surface area contributed by atoms with Gasteiger partial charge in [-0.25, -0.2) is 4.79 Å². The maximum absolute atomic E-state index is 11.4. The zero-order chi connectivity index (χ0) is 14.3. The predicted octanol–water partition coefficient (Wildman–Crippen LogP) is 4.35. The third kappa shape index (κ3) is 6.43. The van der Waals surface area contributed by atoms with Crippen molar-refractivity contribution in [2.45, 2.75) is 26.7 Å². The molecule has 0 heterocycles. The summed E-state index contributed by atoms with van der Waals surface area (Å²) in [6.07, 6.45) is 3.36. The van der Waals surface area contributed by atoms with E-state index in [1.807, 2.05) is 24.3 Å². The van der Waals surface area contributed by atoms with E-state index in [0.717, 1.165) is 28.7 Å². The first-order valence-corrected chi connectivity index (χ1v) is 7.11. The van der Waals surface area contributed by atoms with E-state index in [-0.39, 0.29) is 5.97 Å². The van der Waals surface area contributed by atoms with Gasteiger partial charge in [0, 0.05) is 21.9 Å². The van der Waals surface area contributed by atoms with Crippen LogP contribution in [0.4, 0.5) is 5.69 Å². The maximum atomic E-state index is 11.4. The van der Waals surface area contributed by atoms with Crippen molar-refractivity contribution < 1.29 is 9.53 Å². The molecule has 0 amide bonds. The number of carbonyl (C=O) groups excluding carboxylic acids is 1. The first-order valence-electron chi connectivity index (χ1n) is 6.32. The van der Waals surface area contributed by atoms with Gasteiger partial charge < -0.3 is 10.1 Å². The fourth-order valence-corrected chi connectivity index (χ4v) is 1.80. The molecule has 0 fully saturated rings. The third-order valence-corrected chi connectivity index (χ3v) is 3.16. The second-order valence-electron chi connectivity index (χ2n) is 4.76. The lowest BCUT2D eigenvalue weighted by molar-refractivity contribution is -0.134. The van der Waals surface area contributed by atoms with Crippen LogP contribution in [-0.2, 0) is 9.53 Å². The summed E-state index contributed by atoms with van der Waals surface area (Å²) in [5, 5.41) is 3.27. The van der Waals surface area contributed by atoms with Gasteiger partial charge >= 0.3 is 5.97 Å². The number of allylic oxidation sites excluding steroid dienone is 1. The second-order valence-corrected chi connectivity index (χ2v) is 5.67. The number of nitrogens with one attached hydrogen (secondary N) is 1. The normalized spacial score (nSPS) is 11.5. The Morgan fingerprint density at radius 1 is 1.37 bits per heavy atom. The van der Waals surface area contributed by atoms with Crippen LogP contribution in [0.3, 0.4) is 0 Å². The molecule has 3 nitrogen and oxygen atoms in total. The maximum Gasteiger partial charge on any atom is 0.332 e. The zero-order valence-corrected chi connectivity index (χ0v) is 13.2. The standard InChI is InChI=1S/C15H20BrNO2/c1-11(2)4-7-14(10-15(18)19-3)17-13-8-5-12(16)6-9-13/h5-6,8-11,17H,4,7H2,1-3H3. The first kappa shape index (κ1) is 15.8. The van der Waals surface area contributed by atoms with E-state index >= 15 is 0 Å². The molecule has 104 valence electrons. The van der Waals surface area contributed by atoms with Crippen LogP contribution in [0.5, 0.6) is 0 Å². The Labute approximate surface area is 123 Å². The number of ether oxygens (including phenoxy) is 1. The van der Waals surface area contributed by atoms with E-state index in [1.165, 1.54) is 13.2 Å². The van der Waals surface area contributed by atoms with Gasteiger partial charge in [0.05, 0.1) is 7.11 Å². The van der Waals surface area contributed by atoms with E-state index in [2.05, 4.69) is 39.8 Å². The van der Waals surface area contributed by atoms with Gasteiger partial charge in [-0.2, -0.15) is 0 Å². The highest BCUT2D eigenvalue weighted by Gasteiger charge is 2.05. The van der Waals surface area contributed by atoms with E-state index in [0.29, 0.717) is 5.92 Å². The number of hydrogen-bond acceptors (Lipinski definition) is 3.